The van der Waals surface area contributed by atoms with Crippen LogP contribution in [0.1, 0.15) is 23.9 Å². The van der Waals surface area contributed by atoms with E-state index in [0.29, 0.717) is 6.61 Å². The summed E-state index contributed by atoms with van der Waals surface area (Å²) in [6.45, 7) is 4.57. The fraction of sp³-hybridized carbons (Fsp3) is 0.357. The SMILES string of the molecule is CCCNCc1ccc(OCc2cc(Br)cs2)cn1. The molecule has 3 nitrogen and oxygen atoms in total. The second-order valence-corrected chi connectivity index (χ2v) is 6.09. The molecule has 0 aliphatic rings. The fourth-order valence-corrected chi connectivity index (χ4v) is 2.94. The van der Waals surface area contributed by atoms with E-state index in [9.17, 15) is 0 Å². The Morgan fingerprint density at radius 3 is 2.95 bits per heavy atom. The summed E-state index contributed by atoms with van der Waals surface area (Å²) in [6.07, 6.45) is 2.92. The number of hydrogen-bond acceptors (Lipinski definition) is 4. The molecule has 0 amide bonds. The molecule has 0 radical (unpaired) electrons. The van der Waals surface area contributed by atoms with Gasteiger partial charge >= 0.3 is 0 Å². The molecule has 2 aromatic rings. The van der Waals surface area contributed by atoms with Crippen LogP contribution in [0.3, 0.4) is 0 Å². The minimum atomic E-state index is 0.589. The van der Waals surface area contributed by atoms with Gasteiger partial charge in [-0.1, -0.05) is 6.92 Å². The molecule has 5 heteroatoms. The lowest BCUT2D eigenvalue weighted by atomic mass is 10.3. The Bertz CT molecular complexity index is 498. The summed E-state index contributed by atoms with van der Waals surface area (Å²) in [5.74, 6) is 0.809. The van der Waals surface area contributed by atoms with Gasteiger partial charge in [-0.3, -0.25) is 4.98 Å². The number of aromatic nitrogens is 1. The van der Waals surface area contributed by atoms with Gasteiger partial charge in [0.05, 0.1) is 11.9 Å². The Morgan fingerprint density at radius 1 is 1.42 bits per heavy atom. The fourth-order valence-electron chi connectivity index (χ4n) is 1.58. The van der Waals surface area contributed by atoms with Crippen molar-refractivity contribution >= 4 is 27.3 Å². The molecule has 0 unspecified atom stereocenters. The molecule has 0 bridgehead atoms. The zero-order chi connectivity index (χ0) is 13.5. The van der Waals surface area contributed by atoms with E-state index in [1.165, 1.54) is 4.88 Å². The first-order chi connectivity index (χ1) is 9.28. The van der Waals surface area contributed by atoms with Gasteiger partial charge in [-0.15, -0.1) is 11.3 Å². The molecule has 0 fully saturated rings. The zero-order valence-electron chi connectivity index (χ0n) is 10.9. The molecule has 2 heterocycles. The normalized spacial score (nSPS) is 10.6. The monoisotopic (exact) mass is 340 g/mol. The summed E-state index contributed by atoms with van der Waals surface area (Å²) in [5.41, 5.74) is 1.04. The predicted molar refractivity (Wildman–Crippen MR) is 82.6 cm³/mol. The van der Waals surface area contributed by atoms with Crippen LogP contribution in [0, 0.1) is 0 Å². The van der Waals surface area contributed by atoms with Crippen LogP contribution in [-0.4, -0.2) is 11.5 Å². The summed E-state index contributed by atoms with van der Waals surface area (Å²) in [7, 11) is 0. The first-order valence-electron chi connectivity index (χ1n) is 6.29. The average molecular weight is 341 g/mol. The molecule has 2 aromatic heterocycles. The van der Waals surface area contributed by atoms with Crippen molar-refractivity contribution in [2.45, 2.75) is 26.5 Å². The maximum absolute atomic E-state index is 5.69. The van der Waals surface area contributed by atoms with Crippen molar-refractivity contribution in [1.29, 1.82) is 0 Å². The third-order valence-corrected chi connectivity index (χ3v) is 4.20. The van der Waals surface area contributed by atoms with E-state index in [1.807, 2.05) is 12.1 Å². The van der Waals surface area contributed by atoms with Crippen molar-refractivity contribution in [3.05, 3.63) is 44.8 Å². The molecule has 19 heavy (non-hydrogen) atoms. The van der Waals surface area contributed by atoms with Gasteiger partial charge < -0.3 is 10.1 Å². The van der Waals surface area contributed by atoms with Crippen LogP contribution in [-0.2, 0) is 13.2 Å². The number of pyridine rings is 1. The number of hydrogen-bond donors (Lipinski definition) is 1. The van der Waals surface area contributed by atoms with Crippen LogP contribution in [0.25, 0.3) is 0 Å². The van der Waals surface area contributed by atoms with Gasteiger partial charge in [0.25, 0.3) is 0 Å². The van der Waals surface area contributed by atoms with Crippen molar-refractivity contribution in [3.63, 3.8) is 0 Å². The summed E-state index contributed by atoms with van der Waals surface area (Å²) in [6, 6.07) is 6.04. The van der Waals surface area contributed by atoms with E-state index >= 15 is 0 Å². The van der Waals surface area contributed by atoms with Crippen molar-refractivity contribution in [2.24, 2.45) is 0 Å². The molecule has 102 valence electrons. The van der Waals surface area contributed by atoms with Gasteiger partial charge in [0.1, 0.15) is 12.4 Å². The van der Waals surface area contributed by atoms with E-state index in [0.717, 1.165) is 35.4 Å². The Morgan fingerprint density at radius 2 is 2.32 bits per heavy atom. The lowest BCUT2D eigenvalue weighted by molar-refractivity contribution is 0.308. The third kappa shape index (κ3) is 4.93. The molecule has 2 rings (SSSR count). The van der Waals surface area contributed by atoms with Crippen molar-refractivity contribution < 1.29 is 4.74 Å². The second-order valence-electron chi connectivity index (χ2n) is 4.18. The lowest BCUT2D eigenvalue weighted by Gasteiger charge is -2.06. The molecule has 0 saturated heterocycles. The molecule has 1 N–H and O–H groups in total. The van der Waals surface area contributed by atoms with Crippen LogP contribution < -0.4 is 10.1 Å². The number of ether oxygens (including phenoxy) is 1. The molecular formula is C14H17BrN2OS. The first kappa shape index (κ1) is 14.5. The Balaban J connectivity index is 1.81. The quantitative estimate of drug-likeness (QED) is 0.774. The minimum absolute atomic E-state index is 0.589. The highest BCUT2D eigenvalue weighted by molar-refractivity contribution is 9.10. The topological polar surface area (TPSA) is 34.1 Å². The van der Waals surface area contributed by atoms with Gasteiger partial charge in [-0.25, -0.2) is 0 Å². The summed E-state index contributed by atoms with van der Waals surface area (Å²) < 4.78 is 6.80. The third-order valence-electron chi connectivity index (χ3n) is 2.53. The molecular weight excluding hydrogens is 324 g/mol. The van der Waals surface area contributed by atoms with E-state index in [4.69, 9.17) is 4.74 Å². The number of nitrogens with zero attached hydrogens (tertiary/aromatic N) is 1. The lowest BCUT2D eigenvalue weighted by Crippen LogP contribution is -2.14. The Hall–Kier alpha value is -0.910. The number of rotatable bonds is 7. The smallest absolute Gasteiger partial charge is 0.138 e. The standard InChI is InChI=1S/C14H17BrN2OS/c1-2-5-16-7-12-3-4-13(8-17-12)18-9-14-6-11(15)10-19-14/h3-4,6,8,10,16H,2,5,7,9H2,1H3. The van der Waals surface area contributed by atoms with Gasteiger partial charge in [0.2, 0.25) is 0 Å². The van der Waals surface area contributed by atoms with E-state index < -0.39 is 0 Å². The van der Waals surface area contributed by atoms with Gasteiger partial charge in [-0.05, 0) is 47.1 Å². The van der Waals surface area contributed by atoms with Crippen molar-refractivity contribution in [1.82, 2.24) is 10.3 Å². The predicted octanol–water partition coefficient (Wildman–Crippen LogP) is 3.98. The summed E-state index contributed by atoms with van der Waals surface area (Å²) in [5, 5.41) is 5.38. The Kier molecular flexibility index (Phi) is 5.82. The maximum Gasteiger partial charge on any atom is 0.138 e. The van der Waals surface area contributed by atoms with Crippen LogP contribution in [0.5, 0.6) is 5.75 Å². The van der Waals surface area contributed by atoms with Crippen molar-refractivity contribution in [2.75, 3.05) is 6.54 Å². The molecule has 0 saturated carbocycles. The van der Waals surface area contributed by atoms with Crippen LogP contribution in [0.4, 0.5) is 0 Å². The summed E-state index contributed by atoms with van der Waals surface area (Å²) in [4.78, 5) is 5.57. The average Bonchev–Trinajstić information content (AvgIpc) is 2.84. The number of halogens is 1. The number of nitrogens with one attached hydrogen (secondary N) is 1. The zero-order valence-corrected chi connectivity index (χ0v) is 13.3. The van der Waals surface area contributed by atoms with Crippen LogP contribution in [0.2, 0.25) is 0 Å². The van der Waals surface area contributed by atoms with Gasteiger partial charge in [0.15, 0.2) is 0 Å². The van der Waals surface area contributed by atoms with Crippen LogP contribution in [0.15, 0.2) is 34.2 Å². The maximum atomic E-state index is 5.69. The van der Waals surface area contributed by atoms with Crippen LogP contribution >= 0.6 is 27.3 Å². The largest absolute Gasteiger partial charge is 0.486 e. The highest BCUT2D eigenvalue weighted by Gasteiger charge is 2.00. The molecule has 0 aliphatic heterocycles. The first-order valence-corrected chi connectivity index (χ1v) is 7.96. The molecule has 0 aliphatic carbocycles. The summed E-state index contributed by atoms with van der Waals surface area (Å²) >= 11 is 5.12. The highest BCUT2D eigenvalue weighted by Crippen LogP contribution is 2.21. The van der Waals surface area contributed by atoms with E-state index in [2.05, 4.69) is 44.6 Å². The molecule has 0 atom stereocenters. The molecule has 0 aromatic carbocycles. The minimum Gasteiger partial charge on any atom is -0.486 e. The highest BCUT2D eigenvalue weighted by atomic mass is 79.9. The van der Waals surface area contributed by atoms with Gasteiger partial charge in [0, 0.05) is 21.3 Å². The number of thiophene rings is 1. The Labute approximate surface area is 126 Å². The van der Waals surface area contributed by atoms with Gasteiger partial charge in [-0.2, -0.15) is 0 Å². The van der Waals surface area contributed by atoms with E-state index in [1.54, 1.807) is 17.5 Å². The van der Waals surface area contributed by atoms with E-state index in [-0.39, 0.29) is 0 Å². The molecule has 0 spiro atoms. The second kappa shape index (κ2) is 7.62. The van der Waals surface area contributed by atoms with Crippen molar-refractivity contribution in [3.8, 4) is 5.75 Å².